The van der Waals surface area contributed by atoms with Gasteiger partial charge in [0.25, 0.3) is 5.69 Å². The molecule has 0 spiro atoms. The molecule has 0 unspecified atom stereocenters. The van der Waals surface area contributed by atoms with E-state index in [-0.39, 0.29) is 11.5 Å². The molecule has 39 heavy (non-hydrogen) atoms. The third-order valence-electron chi connectivity index (χ3n) is 5.96. The molecule has 0 radical (unpaired) electrons. The minimum absolute atomic E-state index is 0.0144. The number of halogens is 1. The number of nitrogens with one attached hydrogen (secondary N) is 3. The number of anilines is 2. The molecule has 7 rings (SSSR count). The number of nitrogens with two attached hydrogens (primary N) is 2. The summed E-state index contributed by atoms with van der Waals surface area (Å²) in [5, 5.41) is 33.5. The number of rotatable bonds is 2. The molecule has 0 amide bonds. The van der Waals surface area contributed by atoms with E-state index < -0.39 is 4.92 Å². The average Bonchev–Trinajstić information content (AvgIpc) is 3.74. The van der Waals surface area contributed by atoms with Crippen LogP contribution in [0.3, 0.4) is 0 Å². The molecule has 13 heteroatoms. The molecule has 196 valence electrons. The molecule has 0 fully saturated rings. The summed E-state index contributed by atoms with van der Waals surface area (Å²) in [6.45, 7) is 2.04. The molecule has 7 aromatic rings. The molecule has 0 atom stereocenters. The van der Waals surface area contributed by atoms with Gasteiger partial charge in [0.1, 0.15) is 0 Å². The molecule has 0 aliphatic rings. The smallest absolute Gasteiger partial charge is 0.270 e. The highest BCUT2D eigenvalue weighted by Gasteiger charge is 2.09. The Morgan fingerprint density at radius 2 is 1.49 bits per heavy atom. The van der Waals surface area contributed by atoms with Gasteiger partial charge in [-0.3, -0.25) is 25.4 Å². The highest BCUT2D eigenvalue weighted by atomic mass is 79.9. The minimum Gasteiger partial charge on any atom is -0.382 e. The van der Waals surface area contributed by atoms with E-state index >= 15 is 0 Å². The van der Waals surface area contributed by atoms with Crippen LogP contribution >= 0.6 is 15.9 Å². The second kappa shape index (κ2) is 10.7. The summed E-state index contributed by atoms with van der Waals surface area (Å²) in [5.74, 6) is 0.819. The van der Waals surface area contributed by atoms with E-state index in [4.69, 9.17) is 11.5 Å². The van der Waals surface area contributed by atoms with Crippen molar-refractivity contribution < 1.29 is 4.92 Å². The average molecular weight is 587 g/mol. The molecule has 0 aliphatic carbocycles. The van der Waals surface area contributed by atoms with Crippen LogP contribution in [0.15, 0.2) is 83.6 Å². The number of nitrogen functional groups attached to an aromatic ring is 2. The van der Waals surface area contributed by atoms with Gasteiger partial charge in [0.05, 0.1) is 32.5 Å². The van der Waals surface area contributed by atoms with Crippen LogP contribution in [0.2, 0.25) is 0 Å². The third kappa shape index (κ3) is 5.29. The Morgan fingerprint density at radius 3 is 2.15 bits per heavy atom. The first-order valence-corrected chi connectivity index (χ1v) is 12.4. The normalized spacial score (nSPS) is 10.7. The Labute approximate surface area is 229 Å². The lowest BCUT2D eigenvalue weighted by Crippen LogP contribution is -1.90. The Bertz CT molecular complexity index is 1900. The van der Waals surface area contributed by atoms with Crippen molar-refractivity contribution in [2.45, 2.75) is 6.92 Å². The maximum atomic E-state index is 10.4. The fraction of sp³-hybridized carbons (Fsp3) is 0.0385. The standard InChI is InChI=1S/C12H11N3.C7H6BrN3.C7H6N4O2/c1-9-12-10(14-13-9)5-4-6-11(12)15-7-2-3-8-15;8-4-1-2-6-5(3-4)7(9)11-10-6;8-7-5-3-4(11(12)13)1-2-6(5)9-10-7/h2-8H,1H3,(H,13,14);1-3H,(H3,9,10,11);1-3H,(H3,8,9,10). The zero-order chi connectivity index (χ0) is 27.5. The van der Waals surface area contributed by atoms with Crippen molar-refractivity contribution in [1.29, 1.82) is 0 Å². The lowest BCUT2D eigenvalue weighted by molar-refractivity contribution is -0.384. The number of aryl methyl sites for hydroxylation is 1. The monoisotopic (exact) mass is 586 g/mol. The van der Waals surface area contributed by atoms with Gasteiger partial charge < -0.3 is 16.0 Å². The zero-order valence-corrected chi connectivity index (χ0v) is 22.2. The maximum absolute atomic E-state index is 10.4. The van der Waals surface area contributed by atoms with Crippen LogP contribution in [-0.2, 0) is 0 Å². The fourth-order valence-electron chi connectivity index (χ4n) is 4.06. The van der Waals surface area contributed by atoms with E-state index in [0.717, 1.165) is 26.6 Å². The molecule has 12 nitrogen and oxygen atoms in total. The first kappa shape index (κ1) is 25.5. The molecule has 0 saturated carbocycles. The summed E-state index contributed by atoms with van der Waals surface area (Å²) >= 11 is 3.35. The quantitative estimate of drug-likeness (QED) is 0.128. The van der Waals surface area contributed by atoms with Gasteiger partial charge in [-0.1, -0.05) is 22.0 Å². The van der Waals surface area contributed by atoms with Gasteiger partial charge in [-0.05, 0) is 55.5 Å². The van der Waals surface area contributed by atoms with Gasteiger partial charge >= 0.3 is 0 Å². The van der Waals surface area contributed by atoms with Crippen LogP contribution in [0.4, 0.5) is 17.3 Å². The van der Waals surface area contributed by atoms with Gasteiger partial charge in [-0.25, -0.2) is 0 Å². The first-order chi connectivity index (χ1) is 18.8. The number of hydrogen-bond acceptors (Lipinski definition) is 7. The molecule has 4 aromatic heterocycles. The Balaban J connectivity index is 0.000000120. The van der Waals surface area contributed by atoms with Crippen LogP contribution in [0.1, 0.15) is 5.69 Å². The number of aromatic nitrogens is 7. The zero-order valence-electron chi connectivity index (χ0n) is 20.6. The summed E-state index contributed by atoms with van der Waals surface area (Å²) in [6.07, 6.45) is 4.09. The fourth-order valence-corrected chi connectivity index (χ4v) is 4.42. The molecular formula is C26H23BrN10O2. The molecule has 7 N–H and O–H groups in total. The molecule has 0 saturated heterocycles. The highest BCUT2D eigenvalue weighted by Crippen LogP contribution is 2.24. The largest absolute Gasteiger partial charge is 0.382 e. The molecule has 0 bridgehead atoms. The van der Waals surface area contributed by atoms with Crippen molar-refractivity contribution in [2.24, 2.45) is 0 Å². The number of nitro benzene ring substituents is 1. The van der Waals surface area contributed by atoms with E-state index in [9.17, 15) is 10.1 Å². The van der Waals surface area contributed by atoms with Crippen LogP contribution in [-0.4, -0.2) is 40.1 Å². The Kier molecular flexibility index (Phi) is 6.97. The number of H-pyrrole nitrogens is 3. The number of benzene rings is 3. The Morgan fingerprint density at radius 1 is 0.846 bits per heavy atom. The molecule has 4 heterocycles. The highest BCUT2D eigenvalue weighted by molar-refractivity contribution is 9.10. The second-order valence-corrected chi connectivity index (χ2v) is 9.42. The first-order valence-electron chi connectivity index (χ1n) is 11.7. The van der Waals surface area contributed by atoms with Crippen molar-refractivity contribution in [1.82, 2.24) is 35.2 Å². The molecular weight excluding hydrogens is 564 g/mol. The summed E-state index contributed by atoms with van der Waals surface area (Å²) in [5.41, 5.74) is 16.0. The van der Waals surface area contributed by atoms with Gasteiger partial charge in [0, 0.05) is 45.5 Å². The SMILES string of the molecule is Cc1[nH]nc2cccc(-n3cccc3)c12.Nc1n[nH]c2ccc(Br)cc12.Nc1n[nH]c2ccc([N+](=O)[O-])cc12. The number of nitrogens with zero attached hydrogens (tertiary/aromatic N) is 5. The van der Waals surface area contributed by atoms with Crippen molar-refractivity contribution in [3.05, 3.63) is 99.4 Å². The topological polar surface area (TPSA) is 186 Å². The van der Waals surface area contributed by atoms with Crippen LogP contribution in [0.5, 0.6) is 0 Å². The third-order valence-corrected chi connectivity index (χ3v) is 6.46. The summed E-state index contributed by atoms with van der Waals surface area (Å²) in [6, 6.07) is 20.4. The predicted octanol–water partition coefficient (Wildman–Crippen LogP) is 5.62. The predicted molar refractivity (Wildman–Crippen MR) is 156 cm³/mol. The second-order valence-electron chi connectivity index (χ2n) is 8.50. The van der Waals surface area contributed by atoms with E-state index in [1.807, 2.05) is 61.8 Å². The van der Waals surface area contributed by atoms with E-state index in [2.05, 4.69) is 57.2 Å². The van der Waals surface area contributed by atoms with Crippen molar-refractivity contribution in [3.8, 4) is 5.69 Å². The molecule has 3 aromatic carbocycles. The van der Waals surface area contributed by atoms with E-state index in [1.54, 1.807) is 6.07 Å². The van der Waals surface area contributed by atoms with E-state index in [1.165, 1.54) is 23.2 Å². The number of aromatic amines is 3. The minimum atomic E-state index is -0.466. The maximum Gasteiger partial charge on any atom is 0.270 e. The van der Waals surface area contributed by atoms with E-state index in [0.29, 0.717) is 16.7 Å². The number of nitro groups is 1. The lowest BCUT2D eigenvalue weighted by Gasteiger charge is -2.04. The van der Waals surface area contributed by atoms with Crippen LogP contribution in [0.25, 0.3) is 38.4 Å². The van der Waals surface area contributed by atoms with Crippen molar-refractivity contribution in [2.75, 3.05) is 11.5 Å². The number of hydrogen-bond donors (Lipinski definition) is 5. The summed E-state index contributed by atoms with van der Waals surface area (Å²) < 4.78 is 3.11. The Hall–Kier alpha value is -5.17. The van der Waals surface area contributed by atoms with Gasteiger partial charge in [0.15, 0.2) is 11.6 Å². The molecule has 0 aliphatic heterocycles. The number of fused-ring (bicyclic) bond motifs is 3. The van der Waals surface area contributed by atoms with Crippen LogP contribution < -0.4 is 11.5 Å². The summed E-state index contributed by atoms with van der Waals surface area (Å²) in [4.78, 5) is 9.95. The van der Waals surface area contributed by atoms with Crippen LogP contribution in [0, 0.1) is 17.0 Å². The van der Waals surface area contributed by atoms with Gasteiger partial charge in [-0.15, -0.1) is 0 Å². The van der Waals surface area contributed by atoms with Crippen molar-refractivity contribution in [3.63, 3.8) is 0 Å². The lowest BCUT2D eigenvalue weighted by atomic mass is 10.2. The number of non-ortho nitro benzene ring substituents is 1. The van der Waals surface area contributed by atoms with Crippen molar-refractivity contribution >= 4 is 66.0 Å². The van der Waals surface area contributed by atoms with Gasteiger partial charge in [0.2, 0.25) is 0 Å². The van der Waals surface area contributed by atoms with Gasteiger partial charge in [-0.2, -0.15) is 15.3 Å². The summed E-state index contributed by atoms with van der Waals surface area (Å²) in [7, 11) is 0.